The van der Waals surface area contributed by atoms with Crippen molar-refractivity contribution in [3.63, 3.8) is 0 Å². The summed E-state index contributed by atoms with van der Waals surface area (Å²) < 4.78 is 2.02. The van der Waals surface area contributed by atoms with Crippen LogP contribution in [0.25, 0.3) is 11.2 Å². The molecule has 2 aromatic rings. The van der Waals surface area contributed by atoms with Crippen molar-refractivity contribution in [2.24, 2.45) is 0 Å². The van der Waals surface area contributed by atoms with Crippen LogP contribution < -0.4 is 0 Å². The number of carbonyl (C=O) groups is 1. The zero-order valence-corrected chi connectivity index (χ0v) is 10.4. The molecule has 0 unspecified atom stereocenters. The molecule has 88 valence electrons. The topological polar surface area (TPSA) is 55.1 Å². The lowest BCUT2D eigenvalue weighted by Crippen LogP contribution is -1.97. The van der Waals surface area contributed by atoms with Gasteiger partial charge in [-0.3, -0.25) is 4.57 Å². The molecule has 0 bridgehead atoms. The van der Waals surface area contributed by atoms with Crippen LogP contribution >= 0.6 is 11.3 Å². The van der Waals surface area contributed by atoms with Crippen molar-refractivity contribution in [3.8, 4) is 5.13 Å². The van der Waals surface area contributed by atoms with E-state index in [-0.39, 0.29) is 0 Å². The van der Waals surface area contributed by atoms with Gasteiger partial charge in [0, 0.05) is 29.0 Å². The number of hydrogen-bond donors (Lipinski definition) is 1. The Morgan fingerprint density at radius 2 is 2.29 bits per heavy atom. The van der Waals surface area contributed by atoms with Crippen LogP contribution in [0.1, 0.15) is 17.0 Å². The first-order valence-electron chi connectivity index (χ1n) is 5.09. The fraction of sp³-hybridized carbons (Fsp3) is 0.167. The number of rotatable bonds is 3. The van der Waals surface area contributed by atoms with Crippen LogP contribution in [-0.2, 0) is 4.79 Å². The monoisotopic (exact) mass is 248 g/mol. The molecule has 4 nitrogen and oxygen atoms in total. The SMILES string of the molecule is Cc1cc(C=CC(=O)O)c(C)n1-c1nccs1. The smallest absolute Gasteiger partial charge is 0.328 e. The largest absolute Gasteiger partial charge is 0.478 e. The summed E-state index contributed by atoms with van der Waals surface area (Å²) in [4.78, 5) is 14.8. The van der Waals surface area contributed by atoms with Crippen molar-refractivity contribution in [3.05, 3.63) is 40.7 Å². The second-order valence-electron chi connectivity index (χ2n) is 3.65. The molecule has 1 N–H and O–H groups in total. The van der Waals surface area contributed by atoms with Crippen LogP contribution in [0.5, 0.6) is 0 Å². The van der Waals surface area contributed by atoms with E-state index >= 15 is 0 Å². The number of aryl methyl sites for hydroxylation is 1. The van der Waals surface area contributed by atoms with Gasteiger partial charge in [-0.15, -0.1) is 11.3 Å². The molecule has 2 heterocycles. The Kier molecular flexibility index (Phi) is 3.10. The van der Waals surface area contributed by atoms with Crippen LogP contribution in [-0.4, -0.2) is 20.6 Å². The van der Waals surface area contributed by atoms with Gasteiger partial charge in [0.25, 0.3) is 0 Å². The molecule has 0 aliphatic heterocycles. The lowest BCUT2D eigenvalue weighted by Gasteiger charge is -2.04. The molecule has 2 rings (SSSR count). The molecule has 0 spiro atoms. The van der Waals surface area contributed by atoms with Gasteiger partial charge in [-0.1, -0.05) is 0 Å². The fourth-order valence-corrected chi connectivity index (χ4v) is 2.49. The molecule has 0 amide bonds. The molecular formula is C12H12N2O2S. The Morgan fingerprint density at radius 3 is 2.88 bits per heavy atom. The van der Waals surface area contributed by atoms with Gasteiger partial charge in [0.2, 0.25) is 0 Å². The van der Waals surface area contributed by atoms with Crippen molar-refractivity contribution in [2.45, 2.75) is 13.8 Å². The molecule has 5 heteroatoms. The average Bonchev–Trinajstić information content (AvgIpc) is 2.84. The predicted octanol–water partition coefficient (Wildman–Crippen LogP) is 2.65. The summed E-state index contributed by atoms with van der Waals surface area (Å²) in [6.07, 6.45) is 4.51. The molecule has 17 heavy (non-hydrogen) atoms. The van der Waals surface area contributed by atoms with Crippen LogP contribution in [0.2, 0.25) is 0 Å². The van der Waals surface area contributed by atoms with Gasteiger partial charge in [0.1, 0.15) is 0 Å². The zero-order valence-electron chi connectivity index (χ0n) is 9.54. The van der Waals surface area contributed by atoms with E-state index in [4.69, 9.17) is 5.11 Å². The van der Waals surface area contributed by atoms with Gasteiger partial charge in [-0.25, -0.2) is 9.78 Å². The molecule has 0 fully saturated rings. The summed E-state index contributed by atoms with van der Waals surface area (Å²) in [5, 5.41) is 11.4. The predicted molar refractivity (Wildman–Crippen MR) is 67.6 cm³/mol. The standard InChI is InChI=1S/C12H12N2O2S/c1-8-7-10(3-4-11(15)16)9(2)14(8)12-13-5-6-17-12/h3-7H,1-2H3,(H,15,16). The summed E-state index contributed by atoms with van der Waals surface area (Å²) in [6, 6.07) is 1.95. The van der Waals surface area contributed by atoms with Crippen molar-refractivity contribution < 1.29 is 9.90 Å². The molecule has 0 aliphatic carbocycles. The first-order chi connectivity index (χ1) is 8.09. The summed E-state index contributed by atoms with van der Waals surface area (Å²) in [6.45, 7) is 3.93. The highest BCUT2D eigenvalue weighted by molar-refractivity contribution is 7.12. The van der Waals surface area contributed by atoms with E-state index in [1.165, 1.54) is 0 Å². The third-order valence-corrected chi connectivity index (χ3v) is 3.24. The zero-order chi connectivity index (χ0) is 12.4. The van der Waals surface area contributed by atoms with Crippen molar-refractivity contribution in [1.82, 2.24) is 9.55 Å². The Labute approximate surface area is 103 Å². The number of carboxylic acid groups (broad SMARTS) is 1. The van der Waals surface area contributed by atoms with Crippen molar-refractivity contribution in [1.29, 1.82) is 0 Å². The quantitative estimate of drug-likeness (QED) is 0.849. The van der Waals surface area contributed by atoms with Gasteiger partial charge in [0.15, 0.2) is 5.13 Å². The molecule has 2 aromatic heterocycles. The van der Waals surface area contributed by atoms with E-state index in [9.17, 15) is 4.79 Å². The average molecular weight is 248 g/mol. The maximum Gasteiger partial charge on any atom is 0.328 e. The molecule has 0 saturated carbocycles. The van der Waals surface area contributed by atoms with E-state index in [1.54, 1.807) is 23.6 Å². The van der Waals surface area contributed by atoms with Crippen LogP contribution in [0.15, 0.2) is 23.7 Å². The first kappa shape index (κ1) is 11.6. The van der Waals surface area contributed by atoms with E-state index in [2.05, 4.69) is 4.98 Å². The number of thiazole rings is 1. The molecular weight excluding hydrogens is 236 g/mol. The molecule has 0 radical (unpaired) electrons. The van der Waals surface area contributed by atoms with Crippen LogP contribution in [0.4, 0.5) is 0 Å². The van der Waals surface area contributed by atoms with E-state index in [0.29, 0.717) is 0 Å². The highest BCUT2D eigenvalue weighted by Crippen LogP contribution is 2.22. The number of aliphatic carboxylic acids is 1. The fourth-order valence-electron chi connectivity index (χ4n) is 1.74. The van der Waals surface area contributed by atoms with Crippen molar-refractivity contribution in [2.75, 3.05) is 0 Å². The molecule has 0 aromatic carbocycles. The molecule has 0 aliphatic rings. The highest BCUT2D eigenvalue weighted by Gasteiger charge is 2.10. The Morgan fingerprint density at radius 1 is 1.53 bits per heavy atom. The number of aromatic nitrogens is 2. The second-order valence-corrected chi connectivity index (χ2v) is 4.52. The summed E-state index contributed by atoms with van der Waals surface area (Å²) in [7, 11) is 0. The minimum absolute atomic E-state index is 0.898. The third-order valence-electron chi connectivity index (χ3n) is 2.49. The van der Waals surface area contributed by atoms with E-state index in [1.807, 2.05) is 29.9 Å². The van der Waals surface area contributed by atoms with Crippen molar-refractivity contribution >= 4 is 23.4 Å². The maximum absolute atomic E-state index is 10.5. The number of hydrogen-bond acceptors (Lipinski definition) is 3. The van der Waals surface area contributed by atoms with Gasteiger partial charge >= 0.3 is 5.97 Å². The van der Waals surface area contributed by atoms with Gasteiger partial charge in [0.05, 0.1) is 0 Å². The summed E-state index contributed by atoms with van der Waals surface area (Å²) in [5.74, 6) is -0.941. The summed E-state index contributed by atoms with van der Waals surface area (Å²) in [5.41, 5.74) is 2.94. The van der Waals surface area contributed by atoms with Crippen LogP contribution in [0, 0.1) is 13.8 Å². The minimum Gasteiger partial charge on any atom is -0.478 e. The van der Waals surface area contributed by atoms with E-state index in [0.717, 1.165) is 28.2 Å². The highest BCUT2D eigenvalue weighted by atomic mass is 32.1. The second kappa shape index (κ2) is 4.55. The Balaban J connectivity index is 2.46. The molecule has 0 atom stereocenters. The first-order valence-corrected chi connectivity index (χ1v) is 5.97. The lowest BCUT2D eigenvalue weighted by molar-refractivity contribution is -0.131. The van der Waals surface area contributed by atoms with Gasteiger partial charge < -0.3 is 5.11 Å². The Bertz CT molecular complexity index is 568. The number of carboxylic acids is 1. The lowest BCUT2D eigenvalue weighted by atomic mass is 10.2. The summed E-state index contributed by atoms with van der Waals surface area (Å²) >= 11 is 1.55. The minimum atomic E-state index is -0.941. The normalized spacial score (nSPS) is 11.2. The van der Waals surface area contributed by atoms with E-state index < -0.39 is 5.97 Å². The number of nitrogens with zero attached hydrogens (tertiary/aromatic N) is 2. The van der Waals surface area contributed by atoms with Gasteiger partial charge in [-0.05, 0) is 31.6 Å². The third kappa shape index (κ3) is 2.29. The maximum atomic E-state index is 10.5. The molecule has 0 saturated heterocycles. The van der Waals surface area contributed by atoms with Crippen LogP contribution in [0.3, 0.4) is 0 Å². The Hall–Kier alpha value is -1.88. The van der Waals surface area contributed by atoms with Gasteiger partial charge in [-0.2, -0.15) is 0 Å².